The Hall–Kier alpha value is -2.23. The van der Waals surface area contributed by atoms with Crippen LogP contribution in [0.3, 0.4) is 0 Å². The molecule has 236 valence electrons. The molecule has 0 atom stereocenters. The van der Waals surface area contributed by atoms with Crippen molar-refractivity contribution in [3.63, 3.8) is 0 Å². The maximum Gasteiger partial charge on any atom is 0.0798 e. The monoisotopic (exact) mass is 648 g/mol. The molecular weight excluding hydrogens is 638 g/mol. The molecule has 0 unspecified atom stereocenters. The number of thiazole rings is 1. The molecule has 0 bridgehead atoms. The maximum atomic E-state index is 8.00. The zero-order chi connectivity index (χ0) is 33.0. The second-order valence-corrected chi connectivity index (χ2v) is 3.65. The van der Waals surface area contributed by atoms with Crippen LogP contribution in [0.1, 0.15) is 10.6 Å². The van der Waals surface area contributed by atoms with Crippen LogP contribution >= 0.6 is 11.3 Å². The quantitative estimate of drug-likeness (QED) is 0.260. The van der Waals surface area contributed by atoms with E-state index in [9.17, 15) is 0 Å². The largest absolute Gasteiger partial charge is 0.301 e. The van der Waals surface area contributed by atoms with E-state index in [2.05, 4.69) is 16.9 Å². The standard InChI is InChI=1S/C7H10N2S.13F2/c1-9-3-2-6-7(4-9)10-5-8-6;13*1-2/h5H,2-4H2,1H3;;;;;;;;;;;;;. The van der Waals surface area contributed by atoms with Crippen LogP contribution in [0, 0.1) is 0 Å². The summed E-state index contributed by atoms with van der Waals surface area (Å²) in [5.41, 5.74) is 3.27. The SMILES string of the molecule is CN1CCc2ncsc2C1.FF.FF.FF.FF.FF.FF.FF.FF.FF.FF.FF.FF.FF. The fourth-order valence-corrected chi connectivity index (χ4v) is 2.14. The van der Waals surface area contributed by atoms with Crippen LogP contribution in [-0.4, -0.2) is 23.5 Å². The molecule has 0 fully saturated rings. The van der Waals surface area contributed by atoms with E-state index in [1.807, 2.05) is 5.51 Å². The Morgan fingerprint density at radius 2 is 0.778 bits per heavy atom. The van der Waals surface area contributed by atoms with Crippen LogP contribution in [0.25, 0.3) is 0 Å². The van der Waals surface area contributed by atoms with E-state index >= 15 is 0 Å². The normalized spacial score (nSPS) is 7.42. The van der Waals surface area contributed by atoms with Gasteiger partial charge < -0.3 is 4.90 Å². The van der Waals surface area contributed by atoms with E-state index in [-0.39, 0.29) is 0 Å². The number of fused-ring (bicyclic) bond motifs is 1. The Morgan fingerprint density at radius 1 is 0.528 bits per heavy atom. The van der Waals surface area contributed by atoms with Gasteiger partial charge in [-0.3, -0.25) is 0 Å². The topological polar surface area (TPSA) is 16.1 Å². The lowest BCUT2D eigenvalue weighted by molar-refractivity contribution is 0.108. The predicted molar refractivity (Wildman–Crippen MR) is 71.0 cm³/mol. The number of aromatic nitrogens is 1. The van der Waals surface area contributed by atoms with Crippen LogP contribution in [0.4, 0.5) is 119 Å². The van der Waals surface area contributed by atoms with Crippen molar-refractivity contribution in [2.45, 2.75) is 13.0 Å². The van der Waals surface area contributed by atoms with Gasteiger partial charge in [-0.2, -0.15) is 0 Å². The molecule has 0 spiro atoms. The van der Waals surface area contributed by atoms with Crippen molar-refractivity contribution in [1.29, 1.82) is 0 Å². The molecule has 2 nitrogen and oxygen atoms in total. The van der Waals surface area contributed by atoms with E-state index in [0.717, 1.165) is 19.5 Å². The third-order valence-electron chi connectivity index (χ3n) is 1.87. The van der Waals surface area contributed by atoms with Crippen molar-refractivity contribution in [1.82, 2.24) is 9.88 Å². The Balaban J connectivity index is -0.0000000193. The minimum absolute atomic E-state index is 1.10. The van der Waals surface area contributed by atoms with Crippen LogP contribution in [0.15, 0.2) is 5.51 Å². The Kier molecular flexibility index (Phi) is 431. The third kappa shape index (κ3) is 107. The Bertz CT molecular complexity index is 262. The molecule has 36 heavy (non-hydrogen) atoms. The van der Waals surface area contributed by atoms with Crippen molar-refractivity contribution < 1.29 is 119 Å². The molecule has 0 amide bonds. The van der Waals surface area contributed by atoms with Gasteiger partial charge in [0.25, 0.3) is 0 Å². The first-order chi connectivity index (χ1) is 17.9. The van der Waals surface area contributed by atoms with Crippen LogP contribution in [0.2, 0.25) is 0 Å². The van der Waals surface area contributed by atoms with Crippen molar-refractivity contribution in [2.24, 2.45) is 0 Å². The molecule has 0 saturated heterocycles. The molecule has 1 aliphatic rings. The van der Waals surface area contributed by atoms with E-state index in [4.69, 9.17) is 119 Å². The average molecular weight is 648 g/mol. The molecule has 0 radical (unpaired) electrons. The summed E-state index contributed by atoms with van der Waals surface area (Å²) >= 11 is 1.78. The highest BCUT2D eigenvalue weighted by Crippen LogP contribution is 2.19. The first-order valence-electron chi connectivity index (χ1n) is 5.32. The van der Waals surface area contributed by atoms with Gasteiger partial charge in [-0.15, -0.1) is 11.3 Å². The average Bonchev–Trinajstić information content (AvgIpc) is 3.54. The highest BCUT2D eigenvalue weighted by molar-refractivity contribution is 7.09. The lowest BCUT2D eigenvalue weighted by Gasteiger charge is -2.20. The van der Waals surface area contributed by atoms with Gasteiger partial charge in [0.05, 0.1) is 11.2 Å². The van der Waals surface area contributed by atoms with Gasteiger partial charge in [0.15, 0.2) is 0 Å². The first kappa shape index (κ1) is 76.5. The molecule has 2 rings (SSSR count). The summed E-state index contributed by atoms with van der Waals surface area (Å²) in [5, 5.41) is 0. The fraction of sp³-hybridized carbons (Fsp3) is 0.571. The molecule has 2 heterocycles. The van der Waals surface area contributed by atoms with Crippen molar-refractivity contribution in [3.8, 4) is 0 Å². The molecule has 1 aromatic rings. The number of rotatable bonds is 0. The second kappa shape index (κ2) is 203. The van der Waals surface area contributed by atoms with Crippen molar-refractivity contribution in [2.75, 3.05) is 13.6 Å². The summed E-state index contributed by atoms with van der Waals surface area (Å²) in [6.07, 6.45) is 1.13. The summed E-state index contributed by atoms with van der Waals surface area (Å²) < 4.78 is 208. The van der Waals surface area contributed by atoms with Crippen molar-refractivity contribution >= 4 is 11.3 Å². The number of halogens is 26. The molecule has 0 aliphatic carbocycles. The summed E-state index contributed by atoms with van der Waals surface area (Å²) in [6, 6.07) is 0. The van der Waals surface area contributed by atoms with Gasteiger partial charge in [0.1, 0.15) is 0 Å². The zero-order valence-corrected chi connectivity index (χ0v) is 16.6. The van der Waals surface area contributed by atoms with E-state index in [1.165, 1.54) is 10.6 Å². The van der Waals surface area contributed by atoms with Crippen LogP contribution < -0.4 is 0 Å². The van der Waals surface area contributed by atoms with Crippen LogP contribution in [0.5, 0.6) is 0 Å². The predicted octanol–water partition coefficient (Wildman–Crippen LogP) is 12.1. The number of hydrogen-bond acceptors (Lipinski definition) is 3. The molecule has 1 aromatic heterocycles. The zero-order valence-electron chi connectivity index (χ0n) is 15.8. The number of likely N-dealkylation sites (N-methyl/N-ethyl adjacent to an activating group) is 1. The van der Waals surface area contributed by atoms with Gasteiger partial charge in [-0.1, -0.05) is 0 Å². The van der Waals surface area contributed by atoms with Crippen molar-refractivity contribution in [3.05, 3.63) is 16.1 Å². The molecule has 29 heteroatoms. The van der Waals surface area contributed by atoms with Gasteiger partial charge in [0, 0.05) is 143 Å². The van der Waals surface area contributed by atoms with Gasteiger partial charge in [0.2, 0.25) is 0 Å². The number of hydrogen-bond donors (Lipinski definition) is 0. The molecule has 1 aliphatic heterocycles. The third-order valence-corrected chi connectivity index (χ3v) is 2.73. The minimum Gasteiger partial charge on any atom is -0.301 e. The molecule has 0 aromatic carbocycles. The van der Waals surface area contributed by atoms with E-state index in [0.29, 0.717) is 0 Å². The second-order valence-electron chi connectivity index (χ2n) is 2.71. The first-order valence-corrected chi connectivity index (χ1v) is 6.20. The molecular formula is C7H10F26N2S. The molecule has 0 saturated carbocycles. The highest BCUT2D eigenvalue weighted by Gasteiger charge is 2.14. The summed E-state index contributed by atoms with van der Waals surface area (Å²) in [4.78, 5) is 8.07. The summed E-state index contributed by atoms with van der Waals surface area (Å²) in [5.74, 6) is 0. The van der Waals surface area contributed by atoms with E-state index < -0.39 is 0 Å². The smallest absolute Gasteiger partial charge is 0.0798 e. The van der Waals surface area contributed by atoms with Gasteiger partial charge in [-0.25, -0.2) is 4.98 Å². The highest BCUT2D eigenvalue weighted by atomic mass is 32.1. The van der Waals surface area contributed by atoms with Gasteiger partial charge >= 0.3 is 0 Å². The van der Waals surface area contributed by atoms with E-state index in [1.54, 1.807) is 11.3 Å². The van der Waals surface area contributed by atoms with Gasteiger partial charge in [-0.05, 0) is 7.05 Å². The summed E-state index contributed by atoms with van der Waals surface area (Å²) in [7, 11) is 2.16. The Labute approximate surface area is 184 Å². The lowest BCUT2D eigenvalue weighted by Crippen LogP contribution is -2.25. The fourth-order valence-electron chi connectivity index (χ4n) is 1.25. The molecule has 0 N–H and O–H groups in total. The lowest BCUT2D eigenvalue weighted by atomic mass is 10.2. The Morgan fingerprint density at radius 3 is 1.03 bits per heavy atom. The summed E-state index contributed by atoms with van der Waals surface area (Å²) in [6.45, 7) is 2.26. The minimum atomic E-state index is 1.10. The maximum absolute atomic E-state index is 8.00. The van der Waals surface area contributed by atoms with Crippen LogP contribution in [-0.2, 0) is 13.0 Å². The number of nitrogens with zero attached hydrogens (tertiary/aromatic N) is 2.